The molecule has 0 aliphatic rings. The fourth-order valence-corrected chi connectivity index (χ4v) is 2.46. The first-order chi connectivity index (χ1) is 9.17. The van der Waals surface area contributed by atoms with Crippen molar-refractivity contribution >= 4 is 23.2 Å². The lowest BCUT2D eigenvalue weighted by molar-refractivity contribution is -0.144. The van der Waals surface area contributed by atoms with Crippen molar-refractivity contribution in [3.63, 3.8) is 0 Å². The summed E-state index contributed by atoms with van der Waals surface area (Å²) in [5.41, 5.74) is 0. The summed E-state index contributed by atoms with van der Waals surface area (Å²) in [4.78, 5) is 26.3. The zero-order valence-electron chi connectivity index (χ0n) is 11.6. The lowest BCUT2D eigenvalue weighted by Crippen LogP contribution is -2.34. The van der Waals surface area contributed by atoms with Crippen LogP contribution in [0.5, 0.6) is 0 Å². The van der Waals surface area contributed by atoms with E-state index in [2.05, 4.69) is 0 Å². The minimum Gasteiger partial charge on any atom is -0.466 e. The molecule has 4 nitrogen and oxygen atoms in total. The molecule has 1 heterocycles. The van der Waals surface area contributed by atoms with E-state index in [-0.39, 0.29) is 18.3 Å². The van der Waals surface area contributed by atoms with Crippen LogP contribution >= 0.6 is 11.3 Å². The lowest BCUT2D eigenvalue weighted by Gasteiger charge is -2.21. The van der Waals surface area contributed by atoms with Gasteiger partial charge in [-0.15, -0.1) is 11.3 Å². The van der Waals surface area contributed by atoms with Gasteiger partial charge in [0.1, 0.15) is 0 Å². The monoisotopic (exact) mass is 283 g/mol. The Morgan fingerprint density at radius 3 is 2.68 bits per heavy atom. The average Bonchev–Trinajstić information content (AvgIpc) is 2.87. The van der Waals surface area contributed by atoms with E-state index < -0.39 is 0 Å². The van der Waals surface area contributed by atoms with Crippen molar-refractivity contribution in [3.8, 4) is 0 Å². The Morgan fingerprint density at radius 2 is 2.11 bits per heavy atom. The number of thiophene rings is 1. The van der Waals surface area contributed by atoms with Crippen LogP contribution in [-0.4, -0.2) is 36.5 Å². The maximum Gasteiger partial charge on any atom is 0.307 e. The third-order valence-electron chi connectivity index (χ3n) is 2.64. The van der Waals surface area contributed by atoms with E-state index in [0.717, 1.165) is 11.3 Å². The van der Waals surface area contributed by atoms with Gasteiger partial charge in [0.15, 0.2) is 0 Å². The van der Waals surface area contributed by atoms with Crippen molar-refractivity contribution < 1.29 is 14.3 Å². The summed E-state index contributed by atoms with van der Waals surface area (Å²) in [5.74, 6) is -0.166. The minimum absolute atomic E-state index is 0.0774. The molecule has 5 heteroatoms. The largest absolute Gasteiger partial charge is 0.466 e. The standard InChI is InChI=1S/C14H21NO3S/c1-3-8-15(9-7-14(17)18-4-2)13(16)11-12-6-5-10-19-12/h5-6,10H,3-4,7-9,11H2,1-2H3. The third kappa shape index (κ3) is 5.87. The van der Waals surface area contributed by atoms with E-state index >= 15 is 0 Å². The van der Waals surface area contributed by atoms with Crippen molar-refractivity contribution in [2.24, 2.45) is 0 Å². The molecule has 0 aliphatic carbocycles. The number of ether oxygens (including phenoxy) is 1. The minimum atomic E-state index is -0.243. The van der Waals surface area contributed by atoms with Gasteiger partial charge in [-0.1, -0.05) is 13.0 Å². The van der Waals surface area contributed by atoms with Gasteiger partial charge in [0.05, 0.1) is 19.4 Å². The molecule has 1 aromatic rings. The van der Waals surface area contributed by atoms with E-state index in [4.69, 9.17) is 4.74 Å². The molecule has 0 saturated heterocycles. The zero-order valence-corrected chi connectivity index (χ0v) is 12.4. The first-order valence-corrected chi connectivity index (χ1v) is 7.51. The van der Waals surface area contributed by atoms with E-state index in [1.165, 1.54) is 0 Å². The van der Waals surface area contributed by atoms with Gasteiger partial charge in [0.2, 0.25) is 5.91 Å². The molecule has 0 bridgehead atoms. The number of nitrogens with zero attached hydrogens (tertiary/aromatic N) is 1. The molecule has 1 rings (SSSR count). The van der Waals surface area contributed by atoms with Crippen molar-refractivity contribution in [1.82, 2.24) is 4.90 Å². The number of rotatable bonds is 8. The molecular weight excluding hydrogens is 262 g/mol. The van der Waals surface area contributed by atoms with Crippen LogP contribution in [-0.2, 0) is 20.7 Å². The number of hydrogen-bond acceptors (Lipinski definition) is 4. The third-order valence-corrected chi connectivity index (χ3v) is 3.52. The predicted octanol–water partition coefficient (Wildman–Crippen LogP) is 2.48. The summed E-state index contributed by atoms with van der Waals surface area (Å²) in [6.07, 6.45) is 1.57. The number of hydrogen-bond donors (Lipinski definition) is 0. The summed E-state index contributed by atoms with van der Waals surface area (Å²) in [6, 6.07) is 3.90. The van der Waals surface area contributed by atoms with Gasteiger partial charge in [-0.25, -0.2) is 0 Å². The van der Waals surface area contributed by atoms with Crippen LogP contribution in [0, 0.1) is 0 Å². The summed E-state index contributed by atoms with van der Waals surface area (Å²) in [6.45, 7) is 5.32. The summed E-state index contributed by atoms with van der Waals surface area (Å²) in [7, 11) is 0. The predicted molar refractivity (Wildman–Crippen MR) is 76.1 cm³/mol. The molecule has 19 heavy (non-hydrogen) atoms. The summed E-state index contributed by atoms with van der Waals surface area (Å²) < 4.78 is 4.88. The van der Waals surface area contributed by atoms with Crippen LogP contribution in [0.2, 0.25) is 0 Å². The van der Waals surface area contributed by atoms with Gasteiger partial charge in [-0.05, 0) is 24.8 Å². The number of amides is 1. The van der Waals surface area contributed by atoms with E-state index in [9.17, 15) is 9.59 Å². The second kappa shape index (κ2) is 8.69. The molecule has 0 radical (unpaired) electrons. The van der Waals surface area contributed by atoms with Crippen LogP contribution in [0.1, 0.15) is 31.6 Å². The molecule has 1 aromatic heterocycles. The molecule has 0 saturated carbocycles. The van der Waals surface area contributed by atoms with Gasteiger partial charge in [0.25, 0.3) is 0 Å². The molecule has 0 N–H and O–H groups in total. The second-order valence-electron chi connectivity index (χ2n) is 4.19. The lowest BCUT2D eigenvalue weighted by atomic mass is 10.2. The Bertz CT molecular complexity index is 389. The maximum absolute atomic E-state index is 12.2. The van der Waals surface area contributed by atoms with E-state index in [0.29, 0.717) is 26.1 Å². The van der Waals surface area contributed by atoms with Crippen molar-refractivity contribution in [2.75, 3.05) is 19.7 Å². The Kier molecular flexibility index (Phi) is 7.18. The van der Waals surface area contributed by atoms with Crippen LogP contribution < -0.4 is 0 Å². The smallest absolute Gasteiger partial charge is 0.307 e. The fourth-order valence-electron chi connectivity index (χ4n) is 1.76. The Balaban J connectivity index is 2.46. The number of esters is 1. The number of carbonyl (C=O) groups excluding carboxylic acids is 2. The van der Waals surface area contributed by atoms with Crippen molar-refractivity contribution in [2.45, 2.75) is 33.1 Å². The Morgan fingerprint density at radius 1 is 1.32 bits per heavy atom. The number of carbonyl (C=O) groups is 2. The van der Waals surface area contributed by atoms with Crippen LogP contribution in [0.25, 0.3) is 0 Å². The molecule has 0 atom stereocenters. The molecule has 0 spiro atoms. The second-order valence-corrected chi connectivity index (χ2v) is 5.22. The highest BCUT2D eigenvalue weighted by Crippen LogP contribution is 2.11. The normalized spacial score (nSPS) is 10.2. The van der Waals surface area contributed by atoms with E-state index in [1.807, 2.05) is 24.4 Å². The van der Waals surface area contributed by atoms with Gasteiger partial charge in [-0.3, -0.25) is 9.59 Å². The Labute approximate surface area is 118 Å². The van der Waals surface area contributed by atoms with Crippen LogP contribution in [0.3, 0.4) is 0 Å². The zero-order chi connectivity index (χ0) is 14.1. The average molecular weight is 283 g/mol. The SMILES string of the molecule is CCCN(CCC(=O)OCC)C(=O)Cc1cccs1. The van der Waals surface area contributed by atoms with Gasteiger partial charge in [-0.2, -0.15) is 0 Å². The molecule has 1 amide bonds. The first-order valence-electron chi connectivity index (χ1n) is 6.63. The highest BCUT2D eigenvalue weighted by Gasteiger charge is 2.15. The summed E-state index contributed by atoms with van der Waals surface area (Å²) in [5, 5.41) is 1.96. The Hall–Kier alpha value is -1.36. The van der Waals surface area contributed by atoms with Gasteiger partial charge < -0.3 is 9.64 Å². The highest BCUT2D eigenvalue weighted by atomic mass is 32.1. The highest BCUT2D eigenvalue weighted by molar-refractivity contribution is 7.10. The molecular formula is C14H21NO3S. The molecule has 0 unspecified atom stereocenters. The maximum atomic E-state index is 12.2. The quantitative estimate of drug-likeness (QED) is 0.689. The van der Waals surface area contributed by atoms with Crippen molar-refractivity contribution in [3.05, 3.63) is 22.4 Å². The van der Waals surface area contributed by atoms with Crippen LogP contribution in [0.15, 0.2) is 17.5 Å². The van der Waals surface area contributed by atoms with Gasteiger partial charge >= 0.3 is 5.97 Å². The van der Waals surface area contributed by atoms with E-state index in [1.54, 1.807) is 23.2 Å². The molecule has 0 aliphatic heterocycles. The van der Waals surface area contributed by atoms with Crippen LogP contribution in [0.4, 0.5) is 0 Å². The van der Waals surface area contributed by atoms with Gasteiger partial charge in [0, 0.05) is 18.0 Å². The molecule has 0 fully saturated rings. The summed E-state index contributed by atoms with van der Waals surface area (Å²) >= 11 is 1.58. The van der Waals surface area contributed by atoms with Crippen molar-refractivity contribution in [1.29, 1.82) is 0 Å². The fraction of sp³-hybridized carbons (Fsp3) is 0.571. The molecule has 106 valence electrons. The molecule has 0 aromatic carbocycles. The topological polar surface area (TPSA) is 46.6 Å². The first kappa shape index (κ1) is 15.7.